The molecule has 1 aliphatic rings. The zero-order valence-corrected chi connectivity index (χ0v) is 11.7. The van der Waals surface area contributed by atoms with Gasteiger partial charge in [0.2, 0.25) is 0 Å². The van der Waals surface area contributed by atoms with Crippen LogP contribution in [-0.4, -0.2) is 49.5 Å². The molecule has 6 heteroatoms. The molecule has 0 unspecified atom stereocenters. The maximum absolute atomic E-state index is 12.4. The summed E-state index contributed by atoms with van der Waals surface area (Å²) in [4.78, 5) is 26.4. The second kappa shape index (κ2) is 6.86. The van der Waals surface area contributed by atoms with E-state index in [1.165, 1.54) is 17.0 Å². The number of nitrogens with zero attached hydrogens (tertiary/aromatic N) is 2. The minimum absolute atomic E-state index is 0.0678. The van der Waals surface area contributed by atoms with Gasteiger partial charge in [0, 0.05) is 11.1 Å². The molecule has 110 valence electrons. The SMILES string of the molecule is N#CCC[NH+]1CCN(C(=O)c2ccccc2C(=O)[O-])CC1. The van der Waals surface area contributed by atoms with E-state index in [1.807, 2.05) is 0 Å². The molecule has 1 aromatic carbocycles. The van der Waals surface area contributed by atoms with Gasteiger partial charge in [-0.05, 0) is 6.07 Å². The quantitative estimate of drug-likeness (QED) is 0.715. The third kappa shape index (κ3) is 3.58. The lowest BCUT2D eigenvalue weighted by molar-refractivity contribution is -0.903. The Morgan fingerprint density at radius 1 is 1.24 bits per heavy atom. The van der Waals surface area contributed by atoms with Crippen molar-refractivity contribution >= 4 is 11.9 Å². The Morgan fingerprint density at radius 2 is 1.86 bits per heavy atom. The summed E-state index contributed by atoms with van der Waals surface area (Å²) >= 11 is 0. The molecule has 0 saturated carbocycles. The number of carboxylic acid groups (broad SMARTS) is 1. The van der Waals surface area contributed by atoms with Crippen molar-refractivity contribution in [3.63, 3.8) is 0 Å². The first-order valence-corrected chi connectivity index (χ1v) is 6.93. The van der Waals surface area contributed by atoms with Crippen LogP contribution in [0.3, 0.4) is 0 Å². The number of carbonyl (C=O) groups excluding carboxylic acids is 2. The smallest absolute Gasteiger partial charge is 0.254 e. The van der Waals surface area contributed by atoms with E-state index in [4.69, 9.17) is 5.26 Å². The highest BCUT2D eigenvalue weighted by Gasteiger charge is 2.25. The minimum atomic E-state index is -1.34. The van der Waals surface area contributed by atoms with Gasteiger partial charge in [-0.3, -0.25) is 4.79 Å². The van der Waals surface area contributed by atoms with Gasteiger partial charge in [0.25, 0.3) is 5.91 Å². The van der Waals surface area contributed by atoms with Gasteiger partial charge >= 0.3 is 0 Å². The van der Waals surface area contributed by atoms with Crippen molar-refractivity contribution in [3.8, 4) is 6.07 Å². The van der Waals surface area contributed by atoms with Crippen molar-refractivity contribution in [2.75, 3.05) is 32.7 Å². The lowest BCUT2D eigenvalue weighted by Crippen LogP contribution is -3.14. The van der Waals surface area contributed by atoms with E-state index in [9.17, 15) is 14.7 Å². The highest BCUT2D eigenvalue weighted by atomic mass is 16.4. The third-order valence-corrected chi connectivity index (χ3v) is 3.73. The highest BCUT2D eigenvalue weighted by molar-refractivity contribution is 6.04. The minimum Gasteiger partial charge on any atom is -0.545 e. The van der Waals surface area contributed by atoms with Gasteiger partial charge < -0.3 is 19.7 Å². The van der Waals surface area contributed by atoms with Crippen LogP contribution in [0.5, 0.6) is 0 Å². The summed E-state index contributed by atoms with van der Waals surface area (Å²) in [6, 6.07) is 8.25. The lowest BCUT2D eigenvalue weighted by Gasteiger charge is -2.32. The van der Waals surface area contributed by atoms with Gasteiger partial charge in [0.15, 0.2) is 0 Å². The number of amides is 1. The Labute approximate surface area is 123 Å². The van der Waals surface area contributed by atoms with E-state index in [0.717, 1.165) is 19.6 Å². The highest BCUT2D eigenvalue weighted by Crippen LogP contribution is 2.11. The molecule has 1 fully saturated rings. The molecule has 1 N–H and O–H groups in total. The molecule has 1 heterocycles. The normalized spacial score (nSPS) is 15.5. The first kappa shape index (κ1) is 15.0. The summed E-state index contributed by atoms with van der Waals surface area (Å²) < 4.78 is 0. The number of quaternary nitrogens is 1. The van der Waals surface area contributed by atoms with Crippen LogP contribution in [-0.2, 0) is 0 Å². The molecule has 0 radical (unpaired) electrons. The van der Waals surface area contributed by atoms with Crippen LogP contribution in [0, 0.1) is 11.3 Å². The standard InChI is InChI=1S/C15H17N3O3/c16-6-3-7-17-8-10-18(11-9-17)14(19)12-4-1-2-5-13(12)15(20)21/h1-2,4-5H,3,7-11H2,(H,20,21). The van der Waals surface area contributed by atoms with Gasteiger partial charge in [-0.15, -0.1) is 0 Å². The molecule has 0 aliphatic carbocycles. The van der Waals surface area contributed by atoms with E-state index in [2.05, 4.69) is 6.07 Å². The summed E-state index contributed by atoms with van der Waals surface area (Å²) in [6.07, 6.45) is 0.511. The summed E-state index contributed by atoms with van der Waals surface area (Å²) in [7, 11) is 0. The molecule has 2 rings (SSSR count). The number of hydrogen-bond acceptors (Lipinski definition) is 4. The fourth-order valence-corrected chi connectivity index (χ4v) is 2.53. The summed E-state index contributed by atoms with van der Waals surface area (Å²) in [5, 5.41) is 19.6. The second-order valence-corrected chi connectivity index (χ2v) is 5.03. The van der Waals surface area contributed by atoms with Crippen molar-refractivity contribution in [1.29, 1.82) is 5.26 Å². The van der Waals surface area contributed by atoms with E-state index >= 15 is 0 Å². The number of carbonyl (C=O) groups is 2. The topological polar surface area (TPSA) is 88.7 Å². The van der Waals surface area contributed by atoms with E-state index < -0.39 is 5.97 Å². The van der Waals surface area contributed by atoms with Crippen LogP contribution < -0.4 is 10.0 Å². The Balaban J connectivity index is 2.03. The Bertz CT molecular complexity index is 572. The lowest BCUT2D eigenvalue weighted by atomic mass is 10.1. The number of rotatable bonds is 4. The molecule has 6 nitrogen and oxygen atoms in total. The van der Waals surface area contributed by atoms with Crippen LogP contribution in [0.25, 0.3) is 0 Å². The van der Waals surface area contributed by atoms with Crippen LogP contribution in [0.4, 0.5) is 0 Å². The molecule has 0 aromatic heterocycles. The van der Waals surface area contributed by atoms with Gasteiger partial charge in [0.05, 0.1) is 51.2 Å². The van der Waals surface area contributed by atoms with Crippen molar-refractivity contribution in [2.24, 2.45) is 0 Å². The molecular weight excluding hydrogens is 270 g/mol. The van der Waals surface area contributed by atoms with Gasteiger partial charge in [-0.25, -0.2) is 0 Å². The van der Waals surface area contributed by atoms with Crippen LogP contribution in [0.1, 0.15) is 27.1 Å². The molecule has 1 saturated heterocycles. The number of piperazine rings is 1. The molecule has 21 heavy (non-hydrogen) atoms. The second-order valence-electron chi connectivity index (χ2n) is 5.03. The van der Waals surface area contributed by atoms with Gasteiger partial charge in [-0.2, -0.15) is 5.26 Å². The first-order valence-electron chi connectivity index (χ1n) is 6.93. The first-order chi connectivity index (χ1) is 10.1. The van der Waals surface area contributed by atoms with E-state index in [0.29, 0.717) is 19.5 Å². The summed E-state index contributed by atoms with van der Waals surface area (Å²) in [5.41, 5.74) is 0.111. The number of benzene rings is 1. The van der Waals surface area contributed by atoms with E-state index in [1.54, 1.807) is 17.0 Å². The maximum atomic E-state index is 12.4. The fraction of sp³-hybridized carbons (Fsp3) is 0.400. The summed E-state index contributed by atoms with van der Waals surface area (Å²) in [6.45, 7) is 3.48. The fourth-order valence-electron chi connectivity index (χ4n) is 2.53. The molecule has 1 aliphatic heterocycles. The Hall–Kier alpha value is -2.39. The average molecular weight is 287 g/mol. The average Bonchev–Trinajstić information content (AvgIpc) is 2.52. The number of aromatic carboxylic acids is 1. The third-order valence-electron chi connectivity index (χ3n) is 3.73. The zero-order chi connectivity index (χ0) is 15.2. The van der Waals surface area contributed by atoms with Gasteiger partial charge in [0.1, 0.15) is 0 Å². The predicted octanol–water partition coefficient (Wildman–Crippen LogP) is -1.70. The monoisotopic (exact) mass is 287 g/mol. The van der Waals surface area contributed by atoms with Crippen LogP contribution >= 0.6 is 0 Å². The summed E-state index contributed by atoms with van der Waals surface area (Å²) in [5.74, 6) is -1.61. The number of nitrogens with one attached hydrogen (secondary N) is 1. The van der Waals surface area contributed by atoms with Crippen molar-refractivity contribution in [3.05, 3.63) is 35.4 Å². The Morgan fingerprint density at radius 3 is 2.43 bits per heavy atom. The largest absolute Gasteiger partial charge is 0.545 e. The van der Waals surface area contributed by atoms with Gasteiger partial charge in [-0.1, -0.05) is 18.2 Å². The van der Waals surface area contributed by atoms with Crippen LogP contribution in [0.2, 0.25) is 0 Å². The predicted molar refractivity (Wildman–Crippen MR) is 72.5 cm³/mol. The number of hydrogen-bond donors (Lipinski definition) is 1. The molecule has 1 amide bonds. The molecule has 0 atom stereocenters. The maximum Gasteiger partial charge on any atom is 0.254 e. The molecular formula is C15H17N3O3. The van der Waals surface area contributed by atoms with Crippen molar-refractivity contribution in [2.45, 2.75) is 6.42 Å². The van der Waals surface area contributed by atoms with Crippen LogP contribution in [0.15, 0.2) is 24.3 Å². The zero-order valence-electron chi connectivity index (χ0n) is 11.7. The molecule has 0 spiro atoms. The van der Waals surface area contributed by atoms with E-state index in [-0.39, 0.29) is 17.0 Å². The molecule has 1 aromatic rings. The van der Waals surface area contributed by atoms with Crippen molar-refractivity contribution < 1.29 is 19.6 Å². The number of carboxylic acids is 1. The number of nitriles is 1. The molecule has 0 bridgehead atoms. The Kier molecular flexibility index (Phi) is 4.90. The van der Waals surface area contributed by atoms with Crippen molar-refractivity contribution in [1.82, 2.24) is 4.90 Å².